The average Bonchev–Trinajstić information content (AvgIpc) is 3.10. The third kappa shape index (κ3) is 5.34. The smallest absolute Gasteiger partial charge is 0.261 e. The van der Waals surface area contributed by atoms with Gasteiger partial charge in [-0.2, -0.15) is 0 Å². The van der Waals surface area contributed by atoms with Crippen molar-refractivity contribution in [3.8, 4) is 0 Å². The Bertz CT molecular complexity index is 1110. The number of nitrogens with one attached hydrogen (secondary N) is 2. The van der Waals surface area contributed by atoms with Crippen LogP contribution in [0.25, 0.3) is 0 Å². The van der Waals surface area contributed by atoms with Crippen LogP contribution < -0.4 is 10.0 Å². The first-order valence-corrected chi connectivity index (χ1v) is 11.9. The van der Waals surface area contributed by atoms with Crippen molar-refractivity contribution in [3.05, 3.63) is 59.7 Å². The SMILES string of the molecule is Cc1c(NS(=O)(=O)c2ccccc2)cccc1C(=O)Nc1nnc(SC(C)C)s1. The van der Waals surface area contributed by atoms with Crippen LogP contribution in [0.3, 0.4) is 0 Å². The molecule has 0 saturated heterocycles. The summed E-state index contributed by atoms with van der Waals surface area (Å²) in [7, 11) is -3.75. The zero-order chi connectivity index (χ0) is 21.0. The molecule has 0 radical (unpaired) electrons. The zero-order valence-electron chi connectivity index (χ0n) is 16.0. The highest BCUT2D eigenvalue weighted by molar-refractivity contribution is 8.01. The highest BCUT2D eigenvalue weighted by Crippen LogP contribution is 2.29. The molecule has 0 aliphatic rings. The fourth-order valence-corrected chi connectivity index (χ4v) is 5.58. The Kier molecular flexibility index (Phi) is 6.56. The second-order valence-electron chi connectivity index (χ2n) is 6.39. The molecule has 0 saturated carbocycles. The predicted molar refractivity (Wildman–Crippen MR) is 117 cm³/mol. The van der Waals surface area contributed by atoms with Crippen LogP contribution in [0.2, 0.25) is 0 Å². The van der Waals surface area contributed by atoms with Gasteiger partial charge < -0.3 is 0 Å². The third-order valence-corrected chi connectivity index (χ3v) is 7.15. The lowest BCUT2D eigenvalue weighted by Crippen LogP contribution is -2.17. The van der Waals surface area contributed by atoms with E-state index in [1.807, 2.05) is 0 Å². The van der Waals surface area contributed by atoms with E-state index in [9.17, 15) is 13.2 Å². The quantitative estimate of drug-likeness (QED) is 0.410. The Morgan fingerprint density at radius 1 is 1.07 bits per heavy atom. The molecule has 152 valence electrons. The predicted octanol–water partition coefficient (Wildman–Crippen LogP) is 4.40. The van der Waals surface area contributed by atoms with Gasteiger partial charge in [0.2, 0.25) is 5.13 Å². The number of hydrogen-bond donors (Lipinski definition) is 2. The first-order chi connectivity index (χ1) is 13.8. The van der Waals surface area contributed by atoms with E-state index in [1.54, 1.807) is 55.1 Å². The minimum atomic E-state index is -3.75. The summed E-state index contributed by atoms with van der Waals surface area (Å²) in [4.78, 5) is 12.8. The second-order valence-corrected chi connectivity index (χ2v) is 10.9. The van der Waals surface area contributed by atoms with Crippen molar-refractivity contribution in [1.82, 2.24) is 10.2 Å². The van der Waals surface area contributed by atoms with E-state index >= 15 is 0 Å². The van der Waals surface area contributed by atoms with Gasteiger partial charge in [0, 0.05) is 10.8 Å². The summed E-state index contributed by atoms with van der Waals surface area (Å²) in [6.45, 7) is 5.79. The van der Waals surface area contributed by atoms with Gasteiger partial charge in [0.1, 0.15) is 0 Å². The fraction of sp³-hybridized carbons (Fsp3) is 0.211. The van der Waals surface area contributed by atoms with Gasteiger partial charge in [0.05, 0.1) is 10.6 Å². The summed E-state index contributed by atoms with van der Waals surface area (Å²) >= 11 is 2.87. The molecule has 2 aromatic carbocycles. The number of carbonyl (C=O) groups is 1. The molecule has 2 N–H and O–H groups in total. The van der Waals surface area contributed by atoms with Crippen LogP contribution in [0, 0.1) is 6.92 Å². The van der Waals surface area contributed by atoms with Crippen molar-refractivity contribution >= 4 is 49.8 Å². The number of sulfonamides is 1. The molecule has 0 fully saturated rings. The molecule has 3 rings (SSSR count). The van der Waals surface area contributed by atoms with Crippen LogP contribution >= 0.6 is 23.1 Å². The fourth-order valence-electron chi connectivity index (χ4n) is 2.47. The maximum absolute atomic E-state index is 12.7. The van der Waals surface area contributed by atoms with Crippen LogP contribution in [0.5, 0.6) is 0 Å². The minimum Gasteiger partial charge on any atom is -0.296 e. The van der Waals surface area contributed by atoms with Crippen LogP contribution in [0.1, 0.15) is 29.8 Å². The van der Waals surface area contributed by atoms with E-state index in [0.717, 1.165) is 4.34 Å². The highest BCUT2D eigenvalue weighted by Gasteiger charge is 2.19. The van der Waals surface area contributed by atoms with Crippen molar-refractivity contribution < 1.29 is 13.2 Å². The maximum atomic E-state index is 12.7. The van der Waals surface area contributed by atoms with E-state index < -0.39 is 10.0 Å². The minimum absolute atomic E-state index is 0.151. The van der Waals surface area contributed by atoms with E-state index in [1.165, 1.54) is 23.5 Å². The number of hydrogen-bond acceptors (Lipinski definition) is 7. The molecule has 7 nitrogen and oxygen atoms in total. The molecule has 0 spiro atoms. The van der Waals surface area contributed by atoms with Gasteiger partial charge in [-0.1, -0.05) is 61.2 Å². The molecule has 0 unspecified atom stereocenters. The summed E-state index contributed by atoms with van der Waals surface area (Å²) in [6.07, 6.45) is 0. The number of nitrogens with zero attached hydrogens (tertiary/aromatic N) is 2. The molecule has 10 heteroatoms. The summed E-state index contributed by atoms with van der Waals surface area (Å²) in [5, 5.41) is 11.5. The first kappa shape index (κ1) is 21.3. The normalized spacial score (nSPS) is 11.4. The van der Waals surface area contributed by atoms with Crippen molar-refractivity contribution in [3.63, 3.8) is 0 Å². The molecule has 0 bridgehead atoms. The third-order valence-electron chi connectivity index (χ3n) is 3.84. The number of amides is 1. The molecular weight excluding hydrogens is 428 g/mol. The van der Waals surface area contributed by atoms with Crippen molar-refractivity contribution in [2.24, 2.45) is 0 Å². The second kappa shape index (κ2) is 8.93. The molecule has 1 amide bonds. The van der Waals surface area contributed by atoms with E-state index in [0.29, 0.717) is 27.2 Å². The van der Waals surface area contributed by atoms with E-state index in [-0.39, 0.29) is 10.8 Å². The zero-order valence-corrected chi connectivity index (χ0v) is 18.5. The number of thioether (sulfide) groups is 1. The lowest BCUT2D eigenvalue weighted by molar-refractivity contribution is 0.102. The Morgan fingerprint density at radius 3 is 2.48 bits per heavy atom. The summed E-state index contributed by atoms with van der Waals surface area (Å²) in [5.41, 5.74) is 1.21. The molecule has 1 aromatic heterocycles. The number of anilines is 2. The van der Waals surface area contributed by atoms with Gasteiger partial charge in [-0.3, -0.25) is 14.8 Å². The molecule has 0 atom stereocenters. The van der Waals surface area contributed by atoms with Gasteiger partial charge >= 0.3 is 0 Å². The summed E-state index contributed by atoms with van der Waals surface area (Å²) < 4.78 is 28.5. The largest absolute Gasteiger partial charge is 0.296 e. The molecule has 0 aliphatic carbocycles. The molecule has 0 aliphatic heterocycles. The Labute approximate surface area is 178 Å². The Morgan fingerprint density at radius 2 is 1.79 bits per heavy atom. The topological polar surface area (TPSA) is 101 Å². The monoisotopic (exact) mass is 448 g/mol. The van der Waals surface area contributed by atoms with Gasteiger partial charge in [0.15, 0.2) is 4.34 Å². The van der Waals surface area contributed by atoms with Crippen molar-refractivity contribution in [2.45, 2.75) is 35.3 Å². The average molecular weight is 449 g/mol. The Hall–Kier alpha value is -2.43. The standard InChI is InChI=1S/C19H20N4O3S3/c1-12(2)27-19-22-21-18(28-19)20-17(24)15-10-7-11-16(13(15)3)23-29(25,26)14-8-5-4-6-9-14/h4-12,23H,1-3H3,(H,20,21,24). The van der Waals surface area contributed by atoms with Crippen molar-refractivity contribution in [1.29, 1.82) is 0 Å². The van der Waals surface area contributed by atoms with Crippen LogP contribution in [-0.2, 0) is 10.0 Å². The number of rotatable bonds is 7. The van der Waals surface area contributed by atoms with Crippen LogP contribution in [-0.4, -0.2) is 29.8 Å². The molecule has 1 heterocycles. The van der Waals surface area contributed by atoms with Gasteiger partial charge in [-0.05, 0) is 36.8 Å². The molecule has 3 aromatic rings. The lowest BCUT2D eigenvalue weighted by atomic mass is 10.1. The number of carbonyl (C=O) groups excluding carboxylic acids is 1. The number of benzene rings is 2. The van der Waals surface area contributed by atoms with Gasteiger partial charge in [-0.25, -0.2) is 8.42 Å². The van der Waals surface area contributed by atoms with Gasteiger partial charge in [0.25, 0.3) is 15.9 Å². The summed E-state index contributed by atoms with van der Waals surface area (Å²) in [5.74, 6) is -0.375. The van der Waals surface area contributed by atoms with Crippen LogP contribution in [0.15, 0.2) is 57.8 Å². The first-order valence-electron chi connectivity index (χ1n) is 8.75. The Balaban J connectivity index is 1.79. The molecule has 29 heavy (non-hydrogen) atoms. The maximum Gasteiger partial charge on any atom is 0.261 e. The number of aromatic nitrogens is 2. The van der Waals surface area contributed by atoms with Gasteiger partial charge in [-0.15, -0.1) is 10.2 Å². The van der Waals surface area contributed by atoms with Crippen LogP contribution in [0.4, 0.5) is 10.8 Å². The van der Waals surface area contributed by atoms with Crippen molar-refractivity contribution in [2.75, 3.05) is 10.0 Å². The van der Waals surface area contributed by atoms with E-state index in [2.05, 4.69) is 34.1 Å². The lowest BCUT2D eigenvalue weighted by Gasteiger charge is -2.13. The van der Waals surface area contributed by atoms with E-state index in [4.69, 9.17) is 0 Å². The highest BCUT2D eigenvalue weighted by atomic mass is 32.2. The molecular formula is C19H20N4O3S3. The summed E-state index contributed by atoms with van der Waals surface area (Å²) in [6, 6.07) is 13.0.